The van der Waals surface area contributed by atoms with Crippen molar-refractivity contribution in [2.24, 2.45) is 0 Å². The summed E-state index contributed by atoms with van der Waals surface area (Å²) in [7, 11) is 0. The van der Waals surface area contributed by atoms with Crippen molar-refractivity contribution in [2.75, 3.05) is 17.2 Å². The molecule has 0 aliphatic heterocycles. The van der Waals surface area contributed by atoms with Gasteiger partial charge in [-0.25, -0.2) is 9.37 Å². The summed E-state index contributed by atoms with van der Waals surface area (Å²) < 4.78 is 19.8. The lowest BCUT2D eigenvalue weighted by atomic mass is 10.1. The van der Waals surface area contributed by atoms with Gasteiger partial charge in [-0.1, -0.05) is 18.2 Å². The van der Waals surface area contributed by atoms with Crippen LogP contribution in [-0.2, 0) is 9.59 Å². The number of benzene rings is 2. The fourth-order valence-corrected chi connectivity index (χ4v) is 3.20. The lowest BCUT2D eigenvalue weighted by Crippen LogP contribution is -2.20. The molecule has 2 amide bonds. The number of nitrogens with one attached hydrogen (secondary N) is 2. The number of rotatable bonds is 6. The van der Waals surface area contributed by atoms with Crippen molar-refractivity contribution in [3.8, 4) is 17.0 Å². The molecule has 0 bridgehead atoms. The Hall–Kier alpha value is -3.26. The highest BCUT2D eigenvalue weighted by molar-refractivity contribution is 7.14. The van der Waals surface area contributed by atoms with E-state index in [-0.39, 0.29) is 24.0 Å². The van der Waals surface area contributed by atoms with Crippen LogP contribution in [-0.4, -0.2) is 23.4 Å². The Morgan fingerprint density at radius 2 is 1.96 bits per heavy atom. The van der Waals surface area contributed by atoms with Gasteiger partial charge in [-0.3, -0.25) is 14.9 Å². The van der Waals surface area contributed by atoms with Gasteiger partial charge < -0.3 is 10.1 Å². The molecule has 1 aromatic heterocycles. The molecule has 0 radical (unpaired) electrons. The minimum atomic E-state index is -0.516. The quantitative estimate of drug-likeness (QED) is 0.650. The van der Waals surface area contributed by atoms with Gasteiger partial charge in [0, 0.05) is 23.6 Å². The largest absolute Gasteiger partial charge is 0.483 e. The van der Waals surface area contributed by atoms with Crippen molar-refractivity contribution in [1.82, 2.24) is 4.98 Å². The highest BCUT2D eigenvalue weighted by Gasteiger charge is 2.13. The summed E-state index contributed by atoms with van der Waals surface area (Å²) in [5, 5.41) is 7.16. The van der Waals surface area contributed by atoms with Crippen LogP contribution in [0.2, 0.25) is 0 Å². The van der Waals surface area contributed by atoms with Crippen molar-refractivity contribution in [2.45, 2.75) is 13.8 Å². The number of hydrogen-bond donors (Lipinski definition) is 2. The molecule has 1 heterocycles. The molecule has 0 spiro atoms. The molecule has 0 aliphatic rings. The highest BCUT2D eigenvalue weighted by Crippen LogP contribution is 2.28. The first-order chi connectivity index (χ1) is 13.4. The number of thiazole rings is 1. The minimum absolute atomic E-state index is 0.153. The molecule has 2 N–H and O–H groups in total. The maximum absolute atomic E-state index is 14.3. The molecule has 3 rings (SSSR count). The zero-order valence-electron chi connectivity index (χ0n) is 15.3. The summed E-state index contributed by atoms with van der Waals surface area (Å²) in [5.41, 5.74) is 1.98. The van der Waals surface area contributed by atoms with Gasteiger partial charge in [0.05, 0.1) is 5.69 Å². The van der Waals surface area contributed by atoms with Crippen LogP contribution in [0.15, 0.2) is 47.8 Å². The Labute approximate surface area is 165 Å². The van der Waals surface area contributed by atoms with E-state index in [9.17, 15) is 14.0 Å². The first-order valence-corrected chi connectivity index (χ1v) is 9.31. The van der Waals surface area contributed by atoms with E-state index in [4.69, 9.17) is 4.74 Å². The van der Waals surface area contributed by atoms with E-state index in [1.807, 2.05) is 25.1 Å². The minimum Gasteiger partial charge on any atom is -0.483 e. The second kappa shape index (κ2) is 8.62. The fraction of sp³-hybridized carbons (Fsp3) is 0.150. The van der Waals surface area contributed by atoms with Gasteiger partial charge in [-0.2, -0.15) is 0 Å². The number of carbonyl (C=O) groups is 2. The van der Waals surface area contributed by atoms with Crippen molar-refractivity contribution < 1.29 is 18.7 Å². The van der Waals surface area contributed by atoms with E-state index >= 15 is 0 Å². The Morgan fingerprint density at radius 1 is 1.18 bits per heavy atom. The number of aryl methyl sites for hydroxylation is 1. The normalized spacial score (nSPS) is 10.4. The SMILES string of the molecule is CC(=O)Nc1ccc(-c2csc(NC(=O)COc3ccccc3C)n2)c(F)c1. The molecule has 0 saturated heterocycles. The summed E-state index contributed by atoms with van der Waals surface area (Å²) in [6.07, 6.45) is 0. The molecule has 0 fully saturated rings. The second-order valence-corrected chi connectivity index (χ2v) is 6.87. The highest BCUT2D eigenvalue weighted by atomic mass is 32.1. The third-order valence-electron chi connectivity index (χ3n) is 3.77. The molecular weight excluding hydrogens is 381 g/mol. The first-order valence-electron chi connectivity index (χ1n) is 8.43. The average Bonchev–Trinajstić information content (AvgIpc) is 3.08. The van der Waals surface area contributed by atoms with Crippen molar-refractivity contribution in [1.29, 1.82) is 0 Å². The number of anilines is 2. The molecule has 144 valence electrons. The lowest BCUT2D eigenvalue weighted by Gasteiger charge is -2.08. The van der Waals surface area contributed by atoms with Crippen LogP contribution in [0, 0.1) is 12.7 Å². The molecule has 6 nitrogen and oxygen atoms in total. The van der Waals surface area contributed by atoms with Gasteiger partial charge >= 0.3 is 0 Å². The van der Waals surface area contributed by atoms with Crippen LogP contribution in [0.25, 0.3) is 11.3 Å². The van der Waals surface area contributed by atoms with E-state index in [1.165, 1.54) is 30.4 Å². The van der Waals surface area contributed by atoms with Crippen molar-refractivity contribution >= 4 is 34.0 Å². The molecule has 0 unspecified atom stereocenters. The van der Waals surface area contributed by atoms with Crippen LogP contribution in [0.3, 0.4) is 0 Å². The first kappa shape index (κ1) is 19.5. The number of aromatic nitrogens is 1. The van der Waals surface area contributed by atoms with Gasteiger partial charge in [0.15, 0.2) is 11.7 Å². The Bertz CT molecular complexity index is 1020. The summed E-state index contributed by atoms with van der Waals surface area (Å²) in [6.45, 7) is 3.09. The number of para-hydroxylation sites is 1. The Kier molecular flexibility index (Phi) is 6.00. The van der Waals surface area contributed by atoms with E-state index in [1.54, 1.807) is 17.5 Å². The summed E-state index contributed by atoms with van der Waals surface area (Å²) in [4.78, 5) is 27.4. The third-order valence-corrected chi connectivity index (χ3v) is 4.53. The van der Waals surface area contributed by atoms with E-state index in [0.29, 0.717) is 22.3 Å². The summed E-state index contributed by atoms with van der Waals surface area (Å²) in [5.74, 6) is -0.513. The number of ether oxygens (including phenoxy) is 1. The van der Waals surface area contributed by atoms with E-state index < -0.39 is 5.82 Å². The zero-order chi connectivity index (χ0) is 20.1. The van der Waals surface area contributed by atoms with E-state index in [0.717, 1.165) is 5.56 Å². The topological polar surface area (TPSA) is 80.3 Å². The predicted octanol–water partition coefficient (Wildman–Crippen LogP) is 4.23. The van der Waals surface area contributed by atoms with Crippen LogP contribution in [0.5, 0.6) is 5.75 Å². The maximum Gasteiger partial charge on any atom is 0.264 e. The summed E-state index contributed by atoms with van der Waals surface area (Å²) in [6, 6.07) is 11.8. The zero-order valence-corrected chi connectivity index (χ0v) is 16.1. The number of carbonyl (C=O) groups excluding carboxylic acids is 2. The predicted molar refractivity (Wildman–Crippen MR) is 107 cm³/mol. The Morgan fingerprint density at radius 3 is 2.68 bits per heavy atom. The van der Waals surface area contributed by atoms with Crippen LogP contribution >= 0.6 is 11.3 Å². The molecule has 3 aromatic rings. The molecule has 0 atom stereocenters. The van der Waals surface area contributed by atoms with E-state index in [2.05, 4.69) is 15.6 Å². The van der Waals surface area contributed by atoms with Gasteiger partial charge in [-0.05, 0) is 36.8 Å². The van der Waals surface area contributed by atoms with Crippen LogP contribution < -0.4 is 15.4 Å². The van der Waals surface area contributed by atoms with Gasteiger partial charge in [0.25, 0.3) is 5.91 Å². The number of halogens is 1. The van der Waals surface area contributed by atoms with Gasteiger partial charge in [-0.15, -0.1) is 11.3 Å². The van der Waals surface area contributed by atoms with Crippen LogP contribution in [0.1, 0.15) is 12.5 Å². The lowest BCUT2D eigenvalue weighted by molar-refractivity contribution is -0.118. The smallest absolute Gasteiger partial charge is 0.264 e. The number of amides is 2. The molecule has 0 saturated carbocycles. The molecule has 0 aliphatic carbocycles. The average molecular weight is 399 g/mol. The standard InChI is InChI=1S/C20H18FN3O3S/c1-12-5-3-4-6-18(12)27-10-19(26)24-20-23-17(11-28-20)15-8-7-14(9-16(15)21)22-13(2)25/h3-9,11H,10H2,1-2H3,(H,22,25)(H,23,24,26). The van der Waals surface area contributed by atoms with Gasteiger partial charge in [0.1, 0.15) is 11.6 Å². The van der Waals surface area contributed by atoms with Gasteiger partial charge in [0.2, 0.25) is 5.91 Å². The fourth-order valence-electron chi connectivity index (χ4n) is 2.48. The van der Waals surface area contributed by atoms with Crippen LogP contribution in [0.4, 0.5) is 15.2 Å². The number of hydrogen-bond acceptors (Lipinski definition) is 5. The Balaban J connectivity index is 1.63. The molecule has 2 aromatic carbocycles. The molecule has 28 heavy (non-hydrogen) atoms. The monoisotopic (exact) mass is 399 g/mol. The second-order valence-electron chi connectivity index (χ2n) is 6.02. The molecular formula is C20H18FN3O3S. The summed E-state index contributed by atoms with van der Waals surface area (Å²) >= 11 is 1.19. The maximum atomic E-state index is 14.3. The third kappa shape index (κ3) is 4.92. The number of nitrogens with zero attached hydrogens (tertiary/aromatic N) is 1. The molecule has 8 heteroatoms. The van der Waals surface area contributed by atoms with Crippen molar-refractivity contribution in [3.63, 3.8) is 0 Å². The van der Waals surface area contributed by atoms with Crippen molar-refractivity contribution in [3.05, 3.63) is 59.2 Å².